The summed E-state index contributed by atoms with van der Waals surface area (Å²) in [5.41, 5.74) is 1.32. The largest absolute Gasteiger partial charge is 0.490 e. The summed E-state index contributed by atoms with van der Waals surface area (Å²) in [6.07, 6.45) is 1.45. The van der Waals surface area contributed by atoms with Crippen molar-refractivity contribution in [1.82, 2.24) is 10.6 Å². The van der Waals surface area contributed by atoms with Crippen molar-refractivity contribution in [3.63, 3.8) is 0 Å². The van der Waals surface area contributed by atoms with Gasteiger partial charge in [-0.1, -0.05) is 35.3 Å². The number of carbonyl (C=O) groups excluding carboxylic acids is 2. The van der Waals surface area contributed by atoms with Crippen molar-refractivity contribution < 1.29 is 19.1 Å². The minimum atomic E-state index is -0.561. The zero-order valence-corrected chi connectivity index (χ0v) is 17.6. The molecule has 2 N–H and O–H groups in total. The van der Waals surface area contributed by atoms with Gasteiger partial charge in [-0.3, -0.25) is 20.2 Å². The molecule has 1 aliphatic heterocycles. The van der Waals surface area contributed by atoms with E-state index in [2.05, 4.69) is 10.6 Å². The molecule has 0 aromatic heterocycles. The third-order valence-corrected chi connectivity index (χ3v) is 4.71. The smallest absolute Gasteiger partial charge is 0.263 e. The molecule has 0 spiro atoms. The van der Waals surface area contributed by atoms with Crippen molar-refractivity contribution in [2.45, 2.75) is 13.5 Å². The maximum Gasteiger partial charge on any atom is 0.263 e. The molecule has 1 saturated heterocycles. The lowest BCUT2D eigenvalue weighted by molar-refractivity contribution is -0.123. The maximum absolute atomic E-state index is 12.0. The summed E-state index contributed by atoms with van der Waals surface area (Å²) in [5, 5.41) is 5.82. The highest BCUT2D eigenvalue weighted by atomic mass is 35.5. The number of hydrogen-bond acceptors (Lipinski definition) is 5. The number of halogens is 2. The number of hydrogen-bond donors (Lipinski definition) is 2. The number of ether oxygens (including phenoxy) is 2. The molecule has 0 atom stereocenters. The van der Waals surface area contributed by atoms with Crippen LogP contribution in [-0.4, -0.2) is 23.5 Å². The maximum atomic E-state index is 12.0. The predicted molar refractivity (Wildman–Crippen MR) is 115 cm³/mol. The molecule has 1 aliphatic rings. The second-order valence-corrected chi connectivity index (χ2v) is 7.21. The molecular formula is C20H16Cl2N2O4S. The lowest BCUT2D eigenvalue weighted by atomic mass is 10.1. The molecule has 0 radical (unpaired) electrons. The molecule has 2 amide bonds. The van der Waals surface area contributed by atoms with E-state index >= 15 is 0 Å². The summed E-state index contributed by atoms with van der Waals surface area (Å²) in [7, 11) is 0. The lowest BCUT2D eigenvalue weighted by Crippen LogP contribution is -2.51. The molecule has 0 unspecified atom stereocenters. The fraction of sp³-hybridized carbons (Fsp3) is 0.150. The fourth-order valence-corrected chi connectivity index (χ4v) is 3.22. The Balaban J connectivity index is 1.83. The Kier molecular flexibility index (Phi) is 6.74. The average Bonchev–Trinajstić information content (AvgIpc) is 2.65. The van der Waals surface area contributed by atoms with E-state index in [1.165, 1.54) is 6.08 Å². The van der Waals surface area contributed by atoms with Crippen LogP contribution >= 0.6 is 35.4 Å². The van der Waals surface area contributed by atoms with Gasteiger partial charge in [0.25, 0.3) is 11.8 Å². The van der Waals surface area contributed by atoms with Gasteiger partial charge in [0.05, 0.1) is 6.61 Å². The standard InChI is InChI=1S/C20H16Cl2N2O4S/c1-2-27-17-8-11(7-14-18(25)23-20(29)24-19(14)26)3-6-16(17)28-10-12-4-5-13(21)9-15(12)22/h3-9H,2,10H2,1H3,(H2,23,24,25,26,29). The van der Waals surface area contributed by atoms with Gasteiger partial charge in [-0.15, -0.1) is 0 Å². The molecule has 29 heavy (non-hydrogen) atoms. The minimum Gasteiger partial charge on any atom is -0.490 e. The second-order valence-electron chi connectivity index (χ2n) is 5.96. The Bertz CT molecular complexity index is 1000. The first-order valence-electron chi connectivity index (χ1n) is 8.59. The van der Waals surface area contributed by atoms with Crippen molar-refractivity contribution in [1.29, 1.82) is 0 Å². The summed E-state index contributed by atoms with van der Waals surface area (Å²) in [4.78, 5) is 24.0. The molecule has 0 bridgehead atoms. The molecule has 2 aromatic carbocycles. The van der Waals surface area contributed by atoms with Crippen molar-refractivity contribution in [2.24, 2.45) is 0 Å². The van der Waals surface area contributed by atoms with E-state index in [9.17, 15) is 9.59 Å². The van der Waals surface area contributed by atoms with Crippen LogP contribution < -0.4 is 20.1 Å². The molecule has 2 aromatic rings. The zero-order chi connectivity index (χ0) is 21.0. The van der Waals surface area contributed by atoms with E-state index in [4.69, 9.17) is 44.9 Å². The summed E-state index contributed by atoms with van der Waals surface area (Å²) < 4.78 is 11.5. The van der Waals surface area contributed by atoms with Crippen molar-refractivity contribution in [3.05, 3.63) is 63.1 Å². The van der Waals surface area contributed by atoms with Crippen molar-refractivity contribution in [2.75, 3.05) is 6.61 Å². The van der Waals surface area contributed by atoms with Crippen LogP contribution in [0.15, 0.2) is 42.0 Å². The SMILES string of the molecule is CCOc1cc(C=C2C(=O)NC(=S)NC2=O)ccc1OCc1ccc(Cl)cc1Cl. The normalized spacial score (nSPS) is 13.6. The Morgan fingerprint density at radius 3 is 2.38 bits per heavy atom. The van der Waals surface area contributed by atoms with Gasteiger partial charge in [0.15, 0.2) is 16.6 Å². The van der Waals surface area contributed by atoms with Crippen LogP contribution in [0.3, 0.4) is 0 Å². The number of benzene rings is 2. The van der Waals surface area contributed by atoms with Crippen LogP contribution in [0.1, 0.15) is 18.1 Å². The van der Waals surface area contributed by atoms with E-state index < -0.39 is 11.8 Å². The van der Waals surface area contributed by atoms with Gasteiger partial charge in [0, 0.05) is 15.6 Å². The number of nitrogens with one attached hydrogen (secondary N) is 2. The van der Waals surface area contributed by atoms with E-state index in [1.807, 2.05) is 6.92 Å². The first-order valence-corrected chi connectivity index (χ1v) is 9.75. The van der Waals surface area contributed by atoms with Gasteiger partial charge in [0.2, 0.25) is 0 Å². The van der Waals surface area contributed by atoms with Crippen molar-refractivity contribution >= 4 is 58.4 Å². The Morgan fingerprint density at radius 1 is 1.00 bits per heavy atom. The molecule has 9 heteroatoms. The van der Waals surface area contributed by atoms with Gasteiger partial charge in [-0.05, 0) is 55.0 Å². The number of rotatable bonds is 6. The van der Waals surface area contributed by atoms with E-state index in [-0.39, 0.29) is 17.3 Å². The van der Waals surface area contributed by atoms with Crippen LogP contribution in [0.2, 0.25) is 10.0 Å². The van der Waals surface area contributed by atoms with Gasteiger partial charge in [0.1, 0.15) is 12.2 Å². The van der Waals surface area contributed by atoms with E-state index in [0.29, 0.717) is 33.7 Å². The van der Waals surface area contributed by atoms with Crippen molar-refractivity contribution in [3.8, 4) is 11.5 Å². The lowest BCUT2D eigenvalue weighted by Gasteiger charge is -2.17. The molecule has 1 heterocycles. The fourth-order valence-electron chi connectivity index (χ4n) is 2.57. The summed E-state index contributed by atoms with van der Waals surface area (Å²) in [6, 6.07) is 10.3. The minimum absolute atomic E-state index is 0.0169. The van der Waals surface area contributed by atoms with Crippen LogP contribution in [-0.2, 0) is 16.2 Å². The van der Waals surface area contributed by atoms with E-state index in [0.717, 1.165) is 5.56 Å². The average molecular weight is 451 g/mol. The Labute approximate surface area is 182 Å². The number of thiocarbonyl (C=S) groups is 1. The first kappa shape index (κ1) is 21.1. The zero-order valence-electron chi connectivity index (χ0n) is 15.3. The number of amides is 2. The van der Waals surface area contributed by atoms with E-state index in [1.54, 1.807) is 36.4 Å². The highest BCUT2D eigenvalue weighted by Crippen LogP contribution is 2.31. The van der Waals surface area contributed by atoms with Crippen LogP contribution in [0.4, 0.5) is 0 Å². The molecule has 150 valence electrons. The van der Waals surface area contributed by atoms with Gasteiger partial charge < -0.3 is 9.47 Å². The molecular weight excluding hydrogens is 435 g/mol. The molecule has 6 nitrogen and oxygen atoms in total. The van der Waals surface area contributed by atoms with Gasteiger partial charge in [-0.25, -0.2) is 0 Å². The van der Waals surface area contributed by atoms with Gasteiger partial charge in [-0.2, -0.15) is 0 Å². The molecule has 1 fully saturated rings. The molecule has 0 aliphatic carbocycles. The predicted octanol–water partition coefficient (Wildman–Crippen LogP) is 3.89. The second kappa shape index (κ2) is 9.26. The van der Waals surface area contributed by atoms with Crippen LogP contribution in [0, 0.1) is 0 Å². The quantitative estimate of drug-likeness (QED) is 0.396. The summed E-state index contributed by atoms with van der Waals surface area (Å²) in [6.45, 7) is 2.47. The Morgan fingerprint density at radius 2 is 1.72 bits per heavy atom. The third-order valence-electron chi connectivity index (χ3n) is 3.92. The van der Waals surface area contributed by atoms with Gasteiger partial charge >= 0.3 is 0 Å². The summed E-state index contributed by atoms with van der Waals surface area (Å²) in [5.74, 6) is -0.151. The number of carbonyl (C=O) groups is 2. The highest BCUT2D eigenvalue weighted by molar-refractivity contribution is 7.80. The molecule has 0 saturated carbocycles. The monoisotopic (exact) mass is 450 g/mol. The topological polar surface area (TPSA) is 76.7 Å². The highest BCUT2D eigenvalue weighted by Gasteiger charge is 2.25. The van der Waals surface area contributed by atoms with Crippen LogP contribution in [0.5, 0.6) is 11.5 Å². The third kappa shape index (κ3) is 5.26. The molecule has 3 rings (SSSR count). The van der Waals surface area contributed by atoms with Crippen LogP contribution in [0.25, 0.3) is 6.08 Å². The first-order chi connectivity index (χ1) is 13.9. The summed E-state index contributed by atoms with van der Waals surface area (Å²) >= 11 is 16.9. The Hall–Kier alpha value is -2.61.